The van der Waals surface area contributed by atoms with E-state index in [9.17, 15) is 0 Å². The lowest BCUT2D eigenvalue weighted by molar-refractivity contribution is 0.167. The summed E-state index contributed by atoms with van der Waals surface area (Å²) in [6, 6.07) is 9.35. The summed E-state index contributed by atoms with van der Waals surface area (Å²) in [7, 11) is 1.83. The zero-order valence-electron chi connectivity index (χ0n) is 17.1. The molecule has 1 aliphatic heterocycles. The first-order valence-electron chi connectivity index (χ1n) is 9.91. The Kier molecular flexibility index (Phi) is 8.23. The maximum atomic E-state index is 5.94. The predicted octanol–water partition coefficient (Wildman–Crippen LogP) is 3.26. The molecule has 0 saturated carbocycles. The van der Waals surface area contributed by atoms with Crippen LogP contribution in [0.25, 0.3) is 0 Å². The Balaban J connectivity index is 1.84. The smallest absolute Gasteiger partial charge is 0.191 e. The molecule has 0 aliphatic carbocycles. The lowest BCUT2D eigenvalue weighted by Gasteiger charge is -2.35. The van der Waals surface area contributed by atoms with E-state index in [1.54, 1.807) is 0 Å². The fraction of sp³-hybridized carbons (Fsp3) is 0.667. The van der Waals surface area contributed by atoms with E-state index in [4.69, 9.17) is 4.74 Å². The van der Waals surface area contributed by atoms with Crippen molar-refractivity contribution in [2.24, 2.45) is 10.9 Å². The van der Waals surface area contributed by atoms with Crippen LogP contribution in [-0.2, 0) is 6.54 Å². The number of piperidine rings is 1. The monoisotopic (exact) mass is 360 g/mol. The van der Waals surface area contributed by atoms with E-state index in [1.807, 2.05) is 19.2 Å². The number of nitrogens with one attached hydrogen (secondary N) is 2. The molecule has 5 heteroatoms. The van der Waals surface area contributed by atoms with Gasteiger partial charge in [0.25, 0.3) is 0 Å². The molecule has 2 rings (SSSR count). The molecule has 1 fully saturated rings. The van der Waals surface area contributed by atoms with Gasteiger partial charge in [0.05, 0.1) is 6.61 Å². The topological polar surface area (TPSA) is 48.9 Å². The average molecular weight is 361 g/mol. The second-order valence-corrected chi connectivity index (χ2v) is 7.79. The van der Waals surface area contributed by atoms with E-state index in [-0.39, 0.29) is 0 Å². The second-order valence-electron chi connectivity index (χ2n) is 7.79. The fourth-order valence-corrected chi connectivity index (χ4v) is 3.17. The molecule has 1 saturated heterocycles. The number of nitrogens with zero attached hydrogens (tertiary/aromatic N) is 2. The van der Waals surface area contributed by atoms with Crippen molar-refractivity contribution in [3.8, 4) is 5.75 Å². The molecule has 0 bridgehead atoms. The van der Waals surface area contributed by atoms with Gasteiger partial charge in [0.1, 0.15) is 5.75 Å². The predicted molar refractivity (Wildman–Crippen MR) is 110 cm³/mol. The molecule has 0 aromatic heterocycles. The van der Waals surface area contributed by atoms with Gasteiger partial charge in [0.15, 0.2) is 5.96 Å². The van der Waals surface area contributed by atoms with Gasteiger partial charge in [-0.05, 0) is 38.7 Å². The third-order valence-electron chi connectivity index (χ3n) is 4.82. The highest BCUT2D eigenvalue weighted by Crippen LogP contribution is 2.18. The number of rotatable bonds is 7. The van der Waals surface area contributed by atoms with Gasteiger partial charge < -0.3 is 20.3 Å². The van der Waals surface area contributed by atoms with Crippen LogP contribution >= 0.6 is 0 Å². The maximum Gasteiger partial charge on any atom is 0.191 e. The van der Waals surface area contributed by atoms with Crippen LogP contribution in [0.2, 0.25) is 0 Å². The normalized spacial score (nSPS) is 17.0. The number of hydrogen-bond acceptors (Lipinski definition) is 3. The molecule has 0 radical (unpaired) electrons. The van der Waals surface area contributed by atoms with Crippen LogP contribution < -0.4 is 15.4 Å². The standard InChI is InChI=1S/C21H36N4O/c1-16(2)15-26-20-9-7-6-8-18(20)14-23-21(22-5)24-19-10-12-25(13-11-19)17(3)4/h6-9,16-17,19H,10-15H2,1-5H3,(H2,22,23,24). The highest BCUT2D eigenvalue weighted by Gasteiger charge is 2.21. The van der Waals surface area contributed by atoms with Crippen LogP contribution in [0.3, 0.4) is 0 Å². The lowest BCUT2D eigenvalue weighted by Crippen LogP contribution is -2.49. The number of benzene rings is 1. The van der Waals surface area contributed by atoms with Crippen molar-refractivity contribution in [3.63, 3.8) is 0 Å². The number of aliphatic imine (C=N–C) groups is 1. The summed E-state index contributed by atoms with van der Waals surface area (Å²) >= 11 is 0. The summed E-state index contributed by atoms with van der Waals surface area (Å²) in [6.07, 6.45) is 2.32. The molecule has 0 spiro atoms. The van der Waals surface area contributed by atoms with Crippen LogP contribution in [-0.4, -0.2) is 49.7 Å². The minimum Gasteiger partial charge on any atom is -0.493 e. The van der Waals surface area contributed by atoms with E-state index in [1.165, 1.54) is 0 Å². The van der Waals surface area contributed by atoms with E-state index in [2.05, 4.69) is 60.4 Å². The Hall–Kier alpha value is -1.75. The van der Waals surface area contributed by atoms with Crippen LogP contribution in [0.4, 0.5) is 0 Å². The van der Waals surface area contributed by atoms with Gasteiger partial charge in [-0.15, -0.1) is 0 Å². The van der Waals surface area contributed by atoms with E-state index in [0.29, 0.717) is 24.5 Å². The van der Waals surface area contributed by atoms with Gasteiger partial charge in [0, 0.05) is 44.3 Å². The van der Waals surface area contributed by atoms with Crippen LogP contribution in [0.15, 0.2) is 29.3 Å². The zero-order valence-corrected chi connectivity index (χ0v) is 17.1. The van der Waals surface area contributed by atoms with Crippen molar-refractivity contribution in [3.05, 3.63) is 29.8 Å². The fourth-order valence-electron chi connectivity index (χ4n) is 3.17. The van der Waals surface area contributed by atoms with Gasteiger partial charge in [-0.1, -0.05) is 32.0 Å². The van der Waals surface area contributed by atoms with E-state index >= 15 is 0 Å². The van der Waals surface area contributed by atoms with Crippen molar-refractivity contribution >= 4 is 5.96 Å². The summed E-state index contributed by atoms with van der Waals surface area (Å²) in [6.45, 7) is 12.6. The van der Waals surface area contributed by atoms with Crippen molar-refractivity contribution in [1.82, 2.24) is 15.5 Å². The van der Waals surface area contributed by atoms with Crippen molar-refractivity contribution < 1.29 is 4.74 Å². The lowest BCUT2D eigenvalue weighted by atomic mass is 10.0. The first kappa shape index (κ1) is 20.6. The highest BCUT2D eigenvalue weighted by atomic mass is 16.5. The minimum absolute atomic E-state index is 0.489. The molecule has 0 atom stereocenters. The van der Waals surface area contributed by atoms with Gasteiger partial charge in [-0.25, -0.2) is 0 Å². The molecule has 1 aromatic carbocycles. The Morgan fingerprint density at radius 1 is 1.19 bits per heavy atom. The summed E-state index contributed by atoms with van der Waals surface area (Å²) < 4.78 is 5.94. The summed E-state index contributed by atoms with van der Waals surface area (Å²) in [5.41, 5.74) is 1.16. The molecule has 5 nitrogen and oxygen atoms in total. The molecule has 1 aliphatic rings. The number of hydrogen-bond donors (Lipinski definition) is 2. The van der Waals surface area contributed by atoms with Gasteiger partial charge in [0.2, 0.25) is 0 Å². The molecule has 26 heavy (non-hydrogen) atoms. The quantitative estimate of drug-likeness (QED) is 0.579. The third-order valence-corrected chi connectivity index (χ3v) is 4.82. The van der Waals surface area contributed by atoms with Crippen molar-refractivity contribution in [1.29, 1.82) is 0 Å². The van der Waals surface area contributed by atoms with Crippen LogP contribution in [0.1, 0.15) is 46.1 Å². The molecule has 0 unspecified atom stereocenters. The molecule has 0 amide bonds. The van der Waals surface area contributed by atoms with Crippen molar-refractivity contribution in [2.45, 2.75) is 59.2 Å². The number of guanidine groups is 1. The molecule has 1 heterocycles. The summed E-state index contributed by atoms with van der Waals surface area (Å²) in [5, 5.41) is 7.02. The van der Waals surface area contributed by atoms with Gasteiger partial charge >= 0.3 is 0 Å². The van der Waals surface area contributed by atoms with E-state index in [0.717, 1.165) is 49.8 Å². The third kappa shape index (κ3) is 6.52. The summed E-state index contributed by atoms with van der Waals surface area (Å²) in [5.74, 6) is 2.34. The molecule has 1 aromatic rings. The zero-order chi connectivity index (χ0) is 18.9. The molecular weight excluding hydrogens is 324 g/mol. The SMILES string of the molecule is CN=C(NCc1ccccc1OCC(C)C)NC1CCN(C(C)C)CC1. The van der Waals surface area contributed by atoms with Crippen LogP contribution in [0, 0.1) is 5.92 Å². The number of para-hydroxylation sites is 1. The average Bonchev–Trinajstić information content (AvgIpc) is 2.64. The van der Waals surface area contributed by atoms with Crippen LogP contribution in [0.5, 0.6) is 5.75 Å². The largest absolute Gasteiger partial charge is 0.493 e. The number of ether oxygens (including phenoxy) is 1. The molecule has 2 N–H and O–H groups in total. The molecular formula is C21H36N4O. The van der Waals surface area contributed by atoms with Gasteiger partial charge in [-0.3, -0.25) is 4.99 Å². The van der Waals surface area contributed by atoms with Gasteiger partial charge in [-0.2, -0.15) is 0 Å². The molecule has 146 valence electrons. The maximum absolute atomic E-state index is 5.94. The first-order chi connectivity index (χ1) is 12.5. The second kappa shape index (κ2) is 10.4. The highest BCUT2D eigenvalue weighted by molar-refractivity contribution is 5.80. The van der Waals surface area contributed by atoms with Crippen molar-refractivity contribution in [2.75, 3.05) is 26.7 Å². The summed E-state index contributed by atoms with van der Waals surface area (Å²) in [4.78, 5) is 6.93. The number of likely N-dealkylation sites (tertiary alicyclic amines) is 1. The Morgan fingerprint density at radius 3 is 2.50 bits per heavy atom. The first-order valence-corrected chi connectivity index (χ1v) is 9.91. The minimum atomic E-state index is 0.489. The Labute approximate surface area is 159 Å². The Bertz CT molecular complexity index is 563. The Morgan fingerprint density at radius 2 is 1.88 bits per heavy atom. The van der Waals surface area contributed by atoms with E-state index < -0.39 is 0 Å².